The van der Waals surface area contributed by atoms with Crippen LogP contribution in [-0.2, 0) is 0 Å². The first kappa shape index (κ1) is 7.79. The highest BCUT2D eigenvalue weighted by Gasteiger charge is 2.23. The SMILES string of the molecule is Nc1cccc2nc(C3CCC3)nn12. The van der Waals surface area contributed by atoms with E-state index in [0.29, 0.717) is 11.7 Å². The number of anilines is 1. The molecule has 0 bridgehead atoms. The van der Waals surface area contributed by atoms with Gasteiger partial charge in [-0.25, -0.2) is 4.98 Å². The first-order valence-electron chi connectivity index (χ1n) is 4.96. The second kappa shape index (κ2) is 2.70. The Balaban J connectivity index is 2.15. The largest absolute Gasteiger partial charge is 0.384 e. The molecule has 72 valence electrons. The molecule has 1 fully saturated rings. The van der Waals surface area contributed by atoms with Gasteiger partial charge in [0.25, 0.3) is 0 Å². The predicted molar refractivity (Wildman–Crippen MR) is 54.0 cm³/mol. The molecule has 3 rings (SSSR count). The molecule has 4 heteroatoms. The molecule has 2 N–H and O–H groups in total. The van der Waals surface area contributed by atoms with E-state index in [0.717, 1.165) is 11.5 Å². The fraction of sp³-hybridized carbons (Fsp3) is 0.400. The van der Waals surface area contributed by atoms with Crippen molar-refractivity contribution in [3.05, 3.63) is 24.0 Å². The van der Waals surface area contributed by atoms with Crippen LogP contribution in [0.15, 0.2) is 18.2 Å². The van der Waals surface area contributed by atoms with Gasteiger partial charge in [0, 0.05) is 5.92 Å². The van der Waals surface area contributed by atoms with Crippen LogP contribution in [0.2, 0.25) is 0 Å². The molecule has 4 nitrogen and oxygen atoms in total. The van der Waals surface area contributed by atoms with Crippen molar-refractivity contribution in [1.29, 1.82) is 0 Å². The van der Waals surface area contributed by atoms with E-state index in [2.05, 4.69) is 10.1 Å². The van der Waals surface area contributed by atoms with Crippen molar-refractivity contribution in [2.75, 3.05) is 5.73 Å². The summed E-state index contributed by atoms with van der Waals surface area (Å²) in [6, 6.07) is 5.68. The van der Waals surface area contributed by atoms with Crippen molar-refractivity contribution in [3.63, 3.8) is 0 Å². The maximum atomic E-state index is 5.79. The van der Waals surface area contributed by atoms with Gasteiger partial charge in [0.1, 0.15) is 5.82 Å². The van der Waals surface area contributed by atoms with Gasteiger partial charge in [-0.15, -0.1) is 5.10 Å². The molecular weight excluding hydrogens is 176 g/mol. The number of nitrogens with zero attached hydrogens (tertiary/aromatic N) is 3. The summed E-state index contributed by atoms with van der Waals surface area (Å²) in [4.78, 5) is 4.47. The third-order valence-corrected chi connectivity index (χ3v) is 2.88. The van der Waals surface area contributed by atoms with Crippen molar-refractivity contribution in [2.45, 2.75) is 25.2 Å². The molecule has 2 aromatic heterocycles. The average molecular weight is 188 g/mol. The minimum atomic E-state index is 0.564. The molecule has 0 aromatic carbocycles. The summed E-state index contributed by atoms with van der Waals surface area (Å²) in [6.45, 7) is 0. The van der Waals surface area contributed by atoms with Crippen LogP contribution in [0.4, 0.5) is 5.82 Å². The molecule has 0 saturated heterocycles. The van der Waals surface area contributed by atoms with E-state index >= 15 is 0 Å². The number of aromatic nitrogens is 3. The predicted octanol–water partition coefficient (Wildman–Crippen LogP) is 1.58. The van der Waals surface area contributed by atoms with Crippen LogP contribution in [0.25, 0.3) is 5.65 Å². The minimum Gasteiger partial charge on any atom is -0.384 e. The Labute approximate surface area is 81.8 Å². The van der Waals surface area contributed by atoms with E-state index < -0.39 is 0 Å². The maximum absolute atomic E-state index is 5.79. The smallest absolute Gasteiger partial charge is 0.157 e. The van der Waals surface area contributed by atoms with Gasteiger partial charge >= 0.3 is 0 Å². The average Bonchev–Trinajstić information content (AvgIpc) is 2.46. The van der Waals surface area contributed by atoms with Crippen LogP contribution in [0.3, 0.4) is 0 Å². The van der Waals surface area contributed by atoms with E-state index in [9.17, 15) is 0 Å². The Morgan fingerprint density at radius 1 is 1.36 bits per heavy atom. The molecular formula is C10H12N4. The van der Waals surface area contributed by atoms with Crippen molar-refractivity contribution < 1.29 is 0 Å². The lowest BCUT2D eigenvalue weighted by atomic mass is 9.85. The zero-order valence-electron chi connectivity index (χ0n) is 7.85. The van der Waals surface area contributed by atoms with Crippen molar-refractivity contribution in [2.24, 2.45) is 0 Å². The molecule has 2 aromatic rings. The van der Waals surface area contributed by atoms with Gasteiger partial charge in [-0.05, 0) is 25.0 Å². The number of hydrogen-bond donors (Lipinski definition) is 1. The monoisotopic (exact) mass is 188 g/mol. The van der Waals surface area contributed by atoms with Gasteiger partial charge in [0.15, 0.2) is 11.5 Å². The van der Waals surface area contributed by atoms with Crippen LogP contribution in [0, 0.1) is 0 Å². The number of pyridine rings is 1. The van der Waals surface area contributed by atoms with Gasteiger partial charge in [-0.1, -0.05) is 12.5 Å². The van der Waals surface area contributed by atoms with E-state index in [-0.39, 0.29) is 0 Å². The molecule has 1 aliphatic carbocycles. The van der Waals surface area contributed by atoms with Gasteiger partial charge < -0.3 is 5.73 Å². The Hall–Kier alpha value is -1.58. The molecule has 2 heterocycles. The number of rotatable bonds is 1. The Morgan fingerprint density at radius 3 is 2.86 bits per heavy atom. The maximum Gasteiger partial charge on any atom is 0.157 e. The van der Waals surface area contributed by atoms with Gasteiger partial charge in [-0.3, -0.25) is 0 Å². The van der Waals surface area contributed by atoms with Crippen molar-refractivity contribution in [1.82, 2.24) is 14.6 Å². The van der Waals surface area contributed by atoms with Crippen LogP contribution in [0.1, 0.15) is 31.0 Å². The summed E-state index contributed by atoms with van der Waals surface area (Å²) >= 11 is 0. The fourth-order valence-corrected chi connectivity index (χ4v) is 1.78. The second-order valence-electron chi connectivity index (χ2n) is 3.82. The Kier molecular flexibility index (Phi) is 1.50. The molecule has 14 heavy (non-hydrogen) atoms. The highest BCUT2D eigenvalue weighted by molar-refractivity contribution is 5.46. The molecule has 0 amide bonds. The summed E-state index contributed by atoms with van der Waals surface area (Å²) in [7, 11) is 0. The fourth-order valence-electron chi connectivity index (χ4n) is 1.78. The van der Waals surface area contributed by atoms with Crippen LogP contribution >= 0.6 is 0 Å². The van der Waals surface area contributed by atoms with Gasteiger partial charge in [0.05, 0.1) is 0 Å². The number of nitrogens with two attached hydrogens (primary N) is 1. The Bertz CT molecular complexity index is 470. The lowest BCUT2D eigenvalue weighted by molar-refractivity contribution is 0.402. The number of hydrogen-bond acceptors (Lipinski definition) is 3. The summed E-state index contributed by atoms with van der Waals surface area (Å²) in [5.41, 5.74) is 6.64. The second-order valence-corrected chi connectivity index (χ2v) is 3.82. The molecule has 1 saturated carbocycles. The summed E-state index contributed by atoms with van der Waals surface area (Å²) in [6.07, 6.45) is 3.74. The summed E-state index contributed by atoms with van der Waals surface area (Å²) < 4.78 is 1.72. The summed E-state index contributed by atoms with van der Waals surface area (Å²) in [5.74, 6) is 2.17. The highest BCUT2D eigenvalue weighted by atomic mass is 15.3. The van der Waals surface area contributed by atoms with Crippen molar-refractivity contribution in [3.8, 4) is 0 Å². The molecule has 1 aliphatic rings. The van der Waals surface area contributed by atoms with Gasteiger partial charge in [-0.2, -0.15) is 4.52 Å². The normalized spacial score (nSPS) is 17.1. The molecule has 0 unspecified atom stereocenters. The third kappa shape index (κ3) is 0.999. The molecule has 0 spiro atoms. The topological polar surface area (TPSA) is 56.2 Å². The molecule has 0 atom stereocenters. The number of nitrogen functional groups attached to an aromatic ring is 1. The van der Waals surface area contributed by atoms with Crippen LogP contribution in [-0.4, -0.2) is 14.6 Å². The first-order valence-corrected chi connectivity index (χ1v) is 4.96. The molecule has 0 aliphatic heterocycles. The van der Waals surface area contributed by atoms with E-state index in [1.807, 2.05) is 18.2 Å². The number of fused-ring (bicyclic) bond motifs is 1. The van der Waals surface area contributed by atoms with Crippen LogP contribution < -0.4 is 5.73 Å². The highest BCUT2D eigenvalue weighted by Crippen LogP contribution is 2.34. The Morgan fingerprint density at radius 2 is 2.21 bits per heavy atom. The lowest BCUT2D eigenvalue weighted by Crippen LogP contribution is -2.10. The van der Waals surface area contributed by atoms with Gasteiger partial charge in [0.2, 0.25) is 0 Å². The third-order valence-electron chi connectivity index (χ3n) is 2.88. The first-order chi connectivity index (χ1) is 6.84. The lowest BCUT2D eigenvalue weighted by Gasteiger charge is -2.21. The molecule has 0 radical (unpaired) electrons. The van der Waals surface area contributed by atoms with E-state index in [1.165, 1.54) is 19.3 Å². The zero-order valence-corrected chi connectivity index (χ0v) is 7.85. The van der Waals surface area contributed by atoms with Crippen LogP contribution in [0.5, 0.6) is 0 Å². The minimum absolute atomic E-state index is 0.564. The van der Waals surface area contributed by atoms with Crippen molar-refractivity contribution >= 4 is 11.5 Å². The zero-order chi connectivity index (χ0) is 9.54. The summed E-state index contributed by atoms with van der Waals surface area (Å²) in [5, 5.41) is 4.41. The standard InChI is InChI=1S/C10H12N4/c11-8-5-2-6-9-12-10(13-14(8)9)7-3-1-4-7/h2,5-7H,1,3-4,11H2. The van der Waals surface area contributed by atoms with E-state index in [4.69, 9.17) is 5.73 Å². The van der Waals surface area contributed by atoms with E-state index in [1.54, 1.807) is 4.52 Å². The quantitative estimate of drug-likeness (QED) is 0.739.